The van der Waals surface area contributed by atoms with E-state index in [9.17, 15) is 8.42 Å². The van der Waals surface area contributed by atoms with Gasteiger partial charge in [-0.2, -0.15) is 4.31 Å². The molecular weight excluding hydrogens is 386 g/mol. The number of sulfonamides is 1. The lowest BCUT2D eigenvalue weighted by Gasteiger charge is -2.28. The van der Waals surface area contributed by atoms with Crippen LogP contribution in [0.5, 0.6) is 5.75 Å². The van der Waals surface area contributed by atoms with Crippen LogP contribution in [0, 0.1) is 6.92 Å². The first-order valence-corrected chi connectivity index (χ1v) is 10.9. The highest BCUT2D eigenvalue weighted by atomic mass is 32.2. The van der Waals surface area contributed by atoms with E-state index in [0.29, 0.717) is 12.2 Å². The third-order valence-electron chi connectivity index (χ3n) is 5.04. The van der Waals surface area contributed by atoms with Crippen molar-refractivity contribution < 1.29 is 13.2 Å². The van der Waals surface area contributed by atoms with E-state index < -0.39 is 10.0 Å². The van der Waals surface area contributed by atoms with Gasteiger partial charge in [0.1, 0.15) is 11.6 Å². The Hall–Kier alpha value is -2.64. The monoisotopic (exact) mass is 413 g/mol. The summed E-state index contributed by atoms with van der Waals surface area (Å²) in [6, 6.07) is 17.0. The van der Waals surface area contributed by atoms with Crippen molar-refractivity contribution in [3.63, 3.8) is 0 Å². The summed E-state index contributed by atoms with van der Waals surface area (Å²) in [4.78, 5) is 4.28. The van der Waals surface area contributed by atoms with Crippen LogP contribution in [0.2, 0.25) is 0 Å². The van der Waals surface area contributed by atoms with Gasteiger partial charge in [0.25, 0.3) is 10.0 Å². The fourth-order valence-corrected chi connectivity index (χ4v) is 4.95. The van der Waals surface area contributed by atoms with Gasteiger partial charge in [-0.3, -0.25) is 0 Å². The molecule has 0 fully saturated rings. The van der Waals surface area contributed by atoms with Crippen LogP contribution >= 0.6 is 0 Å². The van der Waals surface area contributed by atoms with Gasteiger partial charge in [0, 0.05) is 25.8 Å². The molecular formula is C22H27N3O3S. The molecule has 2 aromatic carbocycles. The first-order valence-electron chi connectivity index (χ1n) is 9.50. The number of hydrogen-bond acceptors (Lipinski definition) is 4. The second-order valence-corrected chi connectivity index (χ2v) is 8.98. The summed E-state index contributed by atoms with van der Waals surface area (Å²) in [5.41, 5.74) is 1.89. The fourth-order valence-electron chi connectivity index (χ4n) is 3.30. The molecule has 0 saturated heterocycles. The minimum absolute atomic E-state index is 0.0697. The molecule has 0 amide bonds. The number of nitrogens with zero attached hydrogens (tertiary/aromatic N) is 3. The Labute approximate surface area is 172 Å². The van der Waals surface area contributed by atoms with Gasteiger partial charge in [0.2, 0.25) is 0 Å². The van der Waals surface area contributed by atoms with E-state index >= 15 is 0 Å². The van der Waals surface area contributed by atoms with Crippen molar-refractivity contribution in [2.45, 2.75) is 37.9 Å². The molecule has 0 bridgehead atoms. The summed E-state index contributed by atoms with van der Waals surface area (Å²) in [5, 5.41) is 0.0697. The summed E-state index contributed by atoms with van der Waals surface area (Å²) in [7, 11) is -0.363. The third kappa shape index (κ3) is 4.68. The van der Waals surface area contributed by atoms with E-state index in [1.54, 1.807) is 31.8 Å². The van der Waals surface area contributed by atoms with Crippen molar-refractivity contribution in [2.24, 2.45) is 7.05 Å². The van der Waals surface area contributed by atoms with Crippen LogP contribution in [-0.2, 0) is 30.0 Å². The summed E-state index contributed by atoms with van der Waals surface area (Å²) < 4.78 is 35.7. The van der Waals surface area contributed by atoms with Crippen LogP contribution in [-0.4, -0.2) is 35.4 Å². The molecule has 1 unspecified atom stereocenters. The molecule has 29 heavy (non-hydrogen) atoms. The number of aryl methyl sites for hydroxylation is 2. The highest BCUT2D eigenvalue weighted by Crippen LogP contribution is 2.25. The minimum Gasteiger partial charge on any atom is -0.496 e. The molecule has 3 aromatic rings. The highest BCUT2D eigenvalue weighted by molar-refractivity contribution is 7.89. The van der Waals surface area contributed by atoms with Crippen molar-refractivity contribution in [3.8, 4) is 5.75 Å². The average molecular weight is 414 g/mol. The van der Waals surface area contributed by atoms with Gasteiger partial charge in [0.05, 0.1) is 7.11 Å². The molecule has 0 aliphatic rings. The molecule has 0 N–H and O–H groups in total. The lowest BCUT2D eigenvalue weighted by molar-refractivity contribution is 0.322. The van der Waals surface area contributed by atoms with Crippen LogP contribution in [0.4, 0.5) is 0 Å². The van der Waals surface area contributed by atoms with Crippen molar-refractivity contribution in [2.75, 3.05) is 7.11 Å². The third-order valence-corrected chi connectivity index (χ3v) is 6.87. The SMILES string of the molecule is COc1ccccc1CC(C)N(Cc1ccccc1)S(=O)(=O)c1cn(C)c(C)n1. The summed E-state index contributed by atoms with van der Waals surface area (Å²) in [5.74, 6) is 1.41. The fraction of sp³-hybridized carbons (Fsp3) is 0.318. The van der Waals surface area contributed by atoms with Gasteiger partial charge >= 0.3 is 0 Å². The van der Waals surface area contributed by atoms with E-state index in [2.05, 4.69) is 4.98 Å². The molecule has 1 atom stereocenters. The predicted molar refractivity (Wildman–Crippen MR) is 113 cm³/mol. The van der Waals surface area contributed by atoms with Gasteiger partial charge in [0.15, 0.2) is 5.03 Å². The Morgan fingerprint density at radius 1 is 1.10 bits per heavy atom. The van der Waals surface area contributed by atoms with Gasteiger partial charge < -0.3 is 9.30 Å². The largest absolute Gasteiger partial charge is 0.496 e. The number of methoxy groups -OCH3 is 1. The van der Waals surface area contributed by atoms with Gasteiger partial charge in [-0.15, -0.1) is 0 Å². The van der Waals surface area contributed by atoms with Crippen molar-refractivity contribution in [3.05, 3.63) is 77.7 Å². The lowest BCUT2D eigenvalue weighted by Crippen LogP contribution is -2.39. The number of aromatic nitrogens is 2. The highest BCUT2D eigenvalue weighted by Gasteiger charge is 2.32. The molecule has 0 radical (unpaired) electrons. The zero-order valence-electron chi connectivity index (χ0n) is 17.2. The molecule has 0 aliphatic heterocycles. The summed E-state index contributed by atoms with van der Waals surface area (Å²) >= 11 is 0. The normalized spacial score (nSPS) is 12.9. The van der Waals surface area contributed by atoms with Crippen molar-refractivity contribution >= 4 is 10.0 Å². The number of para-hydroxylation sites is 1. The first kappa shape index (κ1) is 21.1. The molecule has 154 valence electrons. The average Bonchev–Trinajstić information content (AvgIpc) is 3.06. The van der Waals surface area contributed by atoms with Crippen LogP contribution in [0.15, 0.2) is 65.8 Å². The van der Waals surface area contributed by atoms with Crippen LogP contribution in [0.1, 0.15) is 23.9 Å². The van der Waals surface area contributed by atoms with E-state index in [4.69, 9.17) is 4.74 Å². The molecule has 0 spiro atoms. The second kappa shape index (κ2) is 8.80. The number of rotatable bonds is 8. The van der Waals surface area contributed by atoms with Gasteiger partial charge in [-0.1, -0.05) is 48.5 Å². The summed E-state index contributed by atoms with van der Waals surface area (Å²) in [6.45, 7) is 3.98. The zero-order valence-corrected chi connectivity index (χ0v) is 18.1. The van der Waals surface area contributed by atoms with Crippen molar-refractivity contribution in [1.29, 1.82) is 0 Å². The van der Waals surface area contributed by atoms with E-state index in [-0.39, 0.29) is 17.6 Å². The van der Waals surface area contributed by atoms with E-state index in [0.717, 1.165) is 16.9 Å². The molecule has 1 heterocycles. The molecule has 3 rings (SSSR count). The Balaban J connectivity index is 1.98. The van der Waals surface area contributed by atoms with Gasteiger partial charge in [-0.05, 0) is 37.5 Å². The van der Waals surface area contributed by atoms with Crippen LogP contribution in [0.3, 0.4) is 0 Å². The Kier molecular flexibility index (Phi) is 6.39. The smallest absolute Gasteiger partial charge is 0.262 e. The molecule has 7 heteroatoms. The number of ether oxygens (including phenoxy) is 1. The summed E-state index contributed by atoms with van der Waals surface area (Å²) in [6.07, 6.45) is 2.10. The maximum absolute atomic E-state index is 13.5. The Morgan fingerprint density at radius 3 is 2.38 bits per heavy atom. The van der Waals surface area contributed by atoms with Gasteiger partial charge in [-0.25, -0.2) is 13.4 Å². The number of hydrogen-bond donors (Lipinski definition) is 0. The molecule has 1 aromatic heterocycles. The quantitative estimate of drug-likeness (QED) is 0.566. The molecule has 0 aliphatic carbocycles. The standard InChI is InChI=1S/C22H27N3O3S/c1-17(14-20-12-8-9-13-21(20)28-4)25(15-19-10-6-5-7-11-19)29(26,27)22-16-24(3)18(2)23-22/h5-13,16-17H,14-15H2,1-4H3. The minimum atomic E-state index is -3.78. The number of imidazole rings is 1. The topological polar surface area (TPSA) is 64.4 Å². The van der Waals surface area contributed by atoms with E-state index in [1.165, 1.54) is 4.31 Å². The van der Waals surface area contributed by atoms with Crippen LogP contribution < -0.4 is 4.74 Å². The lowest BCUT2D eigenvalue weighted by atomic mass is 10.1. The maximum atomic E-state index is 13.5. The first-order chi connectivity index (χ1) is 13.8. The van der Waals surface area contributed by atoms with E-state index in [1.807, 2.05) is 61.5 Å². The predicted octanol–water partition coefficient (Wildman–Crippen LogP) is 3.56. The zero-order chi connectivity index (χ0) is 21.0. The Bertz CT molecular complexity index is 1040. The second-order valence-electron chi connectivity index (χ2n) is 7.14. The molecule has 0 saturated carbocycles. The number of benzene rings is 2. The Morgan fingerprint density at radius 2 is 1.76 bits per heavy atom. The molecule has 6 nitrogen and oxygen atoms in total. The maximum Gasteiger partial charge on any atom is 0.262 e. The van der Waals surface area contributed by atoms with Crippen molar-refractivity contribution in [1.82, 2.24) is 13.9 Å². The van der Waals surface area contributed by atoms with Crippen LogP contribution in [0.25, 0.3) is 0 Å².